The number of hydrogen-bond donors (Lipinski definition) is 2. The fraction of sp³-hybridized carbons (Fsp3) is 0.471. The minimum Gasteiger partial charge on any atom is -0.384 e. The number of anilines is 1. The number of benzene rings is 2. The lowest BCUT2D eigenvalue weighted by Crippen LogP contribution is -2.45. The average Bonchev–Trinajstić information content (AvgIpc) is 3.39. The molecule has 3 aromatic rings. The van der Waals surface area contributed by atoms with Crippen LogP contribution in [-0.2, 0) is 30.9 Å². The molecule has 2 fully saturated rings. The maximum Gasteiger partial charge on any atom is 0.260 e. The van der Waals surface area contributed by atoms with Crippen molar-refractivity contribution in [3.8, 4) is 5.69 Å². The van der Waals surface area contributed by atoms with Gasteiger partial charge in [0.05, 0.1) is 29.3 Å². The normalized spacial score (nSPS) is 18.8. The molecule has 0 radical (unpaired) electrons. The van der Waals surface area contributed by atoms with Crippen LogP contribution in [0.5, 0.6) is 0 Å². The summed E-state index contributed by atoms with van der Waals surface area (Å²) in [4.78, 5) is 15.9. The second kappa shape index (κ2) is 14.4. The van der Waals surface area contributed by atoms with E-state index in [1.54, 1.807) is 23.9 Å². The predicted molar refractivity (Wildman–Crippen MR) is 174 cm³/mol. The van der Waals surface area contributed by atoms with Crippen molar-refractivity contribution in [2.75, 3.05) is 44.5 Å². The van der Waals surface area contributed by atoms with Crippen LogP contribution in [0.15, 0.2) is 60.7 Å². The molecule has 1 atom stereocenters. The number of carbonyl (C=O) groups is 1. The molecule has 6 rings (SSSR count). The molecule has 46 heavy (non-hydrogen) atoms. The molecule has 1 saturated heterocycles. The summed E-state index contributed by atoms with van der Waals surface area (Å²) in [6.07, 6.45) is 7.13. The Hall–Kier alpha value is -3.74. The van der Waals surface area contributed by atoms with Gasteiger partial charge in [0.15, 0.2) is 0 Å². The van der Waals surface area contributed by atoms with Crippen LogP contribution in [0.25, 0.3) is 11.4 Å². The number of halogens is 1. The first-order valence-electron chi connectivity index (χ1n) is 16.1. The smallest absolute Gasteiger partial charge is 0.260 e. The van der Waals surface area contributed by atoms with Gasteiger partial charge in [0.25, 0.3) is 5.91 Å². The summed E-state index contributed by atoms with van der Waals surface area (Å²) in [6.45, 7) is 2.90. The summed E-state index contributed by atoms with van der Waals surface area (Å²) in [5.41, 5.74) is 4.42. The van der Waals surface area contributed by atoms with Gasteiger partial charge < -0.3 is 19.7 Å². The number of piperidine rings is 1. The number of methoxy groups -OCH3 is 1. The van der Waals surface area contributed by atoms with Gasteiger partial charge in [-0.15, -0.1) is 0 Å². The molecule has 3 heterocycles. The third-order valence-electron chi connectivity index (χ3n) is 9.06. The van der Waals surface area contributed by atoms with Crippen molar-refractivity contribution in [1.29, 1.82) is 0 Å². The van der Waals surface area contributed by atoms with Gasteiger partial charge in [0.2, 0.25) is 10.0 Å². The zero-order valence-corrected chi connectivity index (χ0v) is 27.0. The van der Waals surface area contributed by atoms with Crippen molar-refractivity contribution < 1.29 is 27.1 Å². The minimum atomic E-state index is -3.92. The van der Waals surface area contributed by atoms with Crippen LogP contribution < -0.4 is 10.0 Å². The predicted octanol–water partition coefficient (Wildman–Crippen LogP) is 4.83. The number of rotatable bonds is 13. The molecule has 0 bridgehead atoms. The summed E-state index contributed by atoms with van der Waals surface area (Å²) >= 11 is 0. The summed E-state index contributed by atoms with van der Waals surface area (Å²) in [5.74, 6) is 0.0773. The van der Waals surface area contributed by atoms with Crippen LogP contribution in [0.2, 0.25) is 0 Å². The molecule has 0 spiro atoms. The van der Waals surface area contributed by atoms with E-state index in [4.69, 9.17) is 14.6 Å². The second-order valence-electron chi connectivity index (χ2n) is 12.4. The van der Waals surface area contributed by atoms with E-state index in [1.807, 2.05) is 36.4 Å². The Bertz CT molecular complexity index is 1630. The maximum absolute atomic E-state index is 13.9. The van der Waals surface area contributed by atoms with Crippen molar-refractivity contribution in [2.24, 2.45) is 5.92 Å². The Morgan fingerprint density at radius 1 is 1.07 bits per heavy atom. The average molecular weight is 652 g/mol. The van der Waals surface area contributed by atoms with Gasteiger partial charge in [-0.1, -0.05) is 36.8 Å². The van der Waals surface area contributed by atoms with Gasteiger partial charge in [-0.2, -0.15) is 5.10 Å². The number of carbonyl (C=O) groups excluding carboxylic acids is 1. The van der Waals surface area contributed by atoms with E-state index in [-0.39, 0.29) is 30.5 Å². The molecule has 2 N–H and O–H groups in total. The van der Waals surface area contributed by atoms with E-state index in [1.165, 1.54) is 12.1 Å². The zero-order chi connectivity index (χ0) is 32.1. The lowest BCUT2D eigenvalue weighted by atomic mass is 9.80. The highest BCUT2D eigenvalue weighted by Gasteiger charge is 2.38. The topological polar surface area (TPSA) is 115 Å². The van der Waals surface area contributed by atoms with Crippen LogP contribution in [0.4, 0.5) is 10.2 Å². The van der Waals surface area contributed by atoms with Crippen molar-refractivity contribution in [1.82, 2.24) is 19.4 Å². The number of hydrogen-bond acceptors (Lipinski definition) is 8. The van der Waals surface area contributed by atoms with E-state index in [2.05, 4.69) is 14.9 Å². The maximum atomic E-state index is 13.9. The quantitative estimate of drug-likeness (QED) is 0.253. The molecule has 1 aromatic heterocycles. The third kappa shape index (κ3) is 7.45. The standard InChI is InChI=1S/C34H42FN5O5S/c1-44-22-25-15-17-39(18-16-25)30-21-29(34(41)38-46(42,43)20-6-19-45-23-24-7-3-2-4-8-24)36-33-31(30)32(26-9-5-10-26)37-40(33)28-13-11-27(35)12-14-28/h2-4,7-8,11-14,21,25-26,29,36H,5-6,9-10,15-20,22-23H2,1H3,(H,38,41). The molecule has 2 aromatic carbocycles. The monoisotopic (exact) mass is 651 g/mol. The van der Waals surface area contributed by atoms with Crippen LogP contribution in [0.3, 0.4) is 0 Å². The first-order valence-corrected chi connectivity index (χ1v) is 17.7. The number of fused-ring (bicyclic) bond motifs is 1. The van der Waals surface area contributed by atoms with Gasteiger partial charge >= 0.3 is 0 Å². The summed E-state index contributed by atoms with van der Waals surface area (Å²) in [7, 11) is -2.20. The molecule has 12 heteroatoms. The summed E-state index contributed by atoms with van der Waals surface area (Å²) in [6, 6.07) is 14.8. The van der Waals surface area contributed by atoms with Gasteiger partial charge in [0, 0.05) is 45.0 Å². The number of aromatic nitrogens is 2. The Labute approximate surface area is 270 Å². The minimum absolute atomic E-state index is 0.242. The fourth-order valence-corrected chi connectivity index (χ4v) is 7.39. The largest absolute Gasteiger partial charge is 0.384 e. The second-order valence-corrected chi connectivity index (χ2v) is 14.2. The van der Waals surface area contributed by atoms with Crippen LogP contribution in [-0.4, -0.2) is 74.2 Å². The number of sulfonamides is 1. The Morgan fingerprint density at radius 2 is 1.80 bits per heavy atom. The molecule has 2 aliphatic heterocycles. The molecular weight excluding hydrogens is 609 g/mol. The zero-order valence-electron chi connectivity index (χ0n) is 26.2. The lowest BCUT2D eigenvalue weighted by Gasteiger charge is -2.38. The highest BCUT2D eigenvalue weighted by molar-refractivity contribution is 7.90. The van der Waals surface area contributed by atoms with Gasteiger partial charge in [-0.05, 0) is 73.9 Å². The van der Waals surface area contributed by atoms with E-state index < -0.39 is 22.0 Å². The molecule has 1 saturated carbocycles. The third-order valence-corrected chi connectivity index (χ3v) is 10.4. The number of nitrogens with one attached hydrogen (secondary N) is 2. The molecule has 10 nitrogen and oxygen atoms in total. The molecule has 1 aliphatic carbocycles. The van der Waals surface area contributed by atoms with Gasteiger partial charge in [0.1, 0.15) is 17.7 Å². The van der Waals surface area contributed by atoms with Crippen LogP contribution >= 0.6 is 0 Å². The first-order chi connectivity index (χ1) is 22.3. The van der Waals surface area contributed by atoms with E-state index in [0.29, 0.717) is 30.6 Å². The van der Waals surface area contributed by atoms with E-state index in [9.17, 15) is 17.6 Å². The molecule has 1 unspecified atom stereocenters. The van der Waals surface area contributed by atoms with Crippen LogP contribution in [0.1, 0.15) is 61.3 Å². The van der Waals surface area contributed by atoms with E-state index in [0.717, 1.165) is 67.7 Å². The Kier molecular flexibility index (Phi) is 10.1. The first kappa shape index (κ1) is 32.2. The fourth-order valence-electron chi connectivity index (χ4n) is 6.35. The molecular formula is C34H42FN5O5S. The summed E-state index contributed by atoms with van der Waals surface area (Å²) in [5, 5.41) is 8.33. The number of amides is 1. The van der Waals surface area contributed by atoms with Crippen LogP contribution in [0, 0.1) is 11.7 Å². The molecule has 3 aliphatic rings. The summed E-state index contributed by atoms with van der Waals surface area (Å²) < 4.78 is 54.9. The Morgan fingerprint density at radius 3 is 2.48 bits per heavy atom. The van der Waals surface area contributed by atoms with Crippen molar-refractivity contribution in [3.05, 3.63) is 83.3 Å². The Balaban J connectivity index is 1.23. The number of ether oxygens (including phenoxy) is 2. The van der Waals surface area contributed by atoms with E-state index >= 15 is 0 Å². The number of likely N-dealkylation sites (tertiary alicyclic amines) is 1. The molecule has 1 amide bonds. The lowest BCUT2D eigenvalue weighted by molar-refractivity contribution is -0.119. The SMILES string of the molecule is COCC1CCN(C2=CC(C(=O)NS(=O)(=O)CCCOCc3ccccc3)Nc3c2c(C2CCC2)nn3-c2ccc(F)cc2)CC1. The van der Waals surface area contributed by atoms with Crippen molar-refractivity contribution in [3.63, 3.8) is 0 Å². The van der Waals surface area contributed by atoms with Gasteiger partial charge in [-0.3, -0.25) is 9.52 Å². The van der Waals surface area contributed by atoms with Crippen molar-refractivity contribution >= 4 is 27.4 Å². The van der Waals surface area contributed by atoms with Crippen molar-refractivity contribution in [2.45, 2.75) is 57.1 Å². The number of nitrogens with zero attached hydrogens (tertiary/aromatic N) is 3. The molecule has 246 valence electrons. The highest BCUT2D eigenvalue weighted by Crippen LogP contribution is 2.45. The highest BCUT2D eigenvalue weighted by atomic mass is 32.2. The van der Waals surface area contributed by atoms with Gasteiger partial charge in [-0.25, -0.2) is 17.5 Å².